The summed E-state index contributed by atoms with van der Waals surface area (Å²) < 4.78 is 0. The zero-order valence-electron chi connectivity index (χ0n) is 11.1. The summed E-state index contributed by atoms with van der Waals surface area (Å²) in [5, 5.41) is 0. The second-order valence-electron chi connectivity index (χ2n) is 7.12. The molecule has 0 aromatic heterocycles. The Labute approximate surface area is 101 Å². The van der Waals surface area contributed by atoms with Gasteiger partial charge in [0.25, 0.3) is 0 Å². The molecule has 0 spiro atoms. The standard InChI is InChI=1S/C16H26/c1-12-9-10-14-11-16(12,15(14,2)3)13-7-5-4-6-8-13/h4-5,12-14H,6-11H2,1-3H3. The predicted molar refractivity (Wildman–Crippen MR) is 69.2 cm³/mol. The minimum absolute atomic E-state index is 0.626. The Morgan fingerprint density at radius 1 is 1.00 bits per heavy atom. The van der Waals surface area contributed by atoms with Crippen molar-refractivity contribution in [2.45, 2.75) is 59.3 Å². The molecule has 3 saturated carbocycles. The quantitative estimate of drug-likeness (QED) is 0.554. The number of rotatable bonds is 1. The van der Waals surface area contributed by atoms with E-state index in [1.54, 1.807) is 6.42 Å². The highest BCUT2D eigenvalue weighted by Gasteiger charge is 2.66. The summed E-state index contributed by atoms with van der Waals surface area (Å²) >= 11 is 0. The Balaban J connectivity index is 1.92. The zero-order valence-corrected chi connectivity index (χ0v) is 11.1. The summed E-state index contributed by atoms with van der Waals surface area (Å²) in [7, 11) is 0. The van der Waals surface area contributed by atoms with Crippen molar-refractivity contribution >= 4 is 0 Å². The Morgan fingerprint density at radius 3 is 2.38 bits per heavy atom. The maximum atomic E-state index is 2.56. The molecule has 0 nitrogen and oxygen atoms in total. The Hall–Kier alpha value is -0.260. The second-order valence-corrected chi connectivity index (χ2v) is 7.12. The van der Waals surface area contributed by atoms with Crippen LogP contribution in [0.4, 0.5) is 0 Å². The third-order valence-electron chi connectivity index (χ3n) is 6.63. The molecule has 16 heavy (non-hydrogen) atoms. The van der Waals surface area contributed by atoms with Crippen molar-refractivity contribution < 1.29 is 0 Å². The van der Waals surface area contributed by atoms with E-state index in [2.05, 4.69) is 32.9 Å². The van der Waals surface area contributed by atoms with Gasteiger partial charge in [0.15, 0.2) is 0 Å². The molecule has 4 aliphatic carbocycles. The van der Waals surface area contributed by atoms with Crippen molar-refractivity contribution in [3.63, 3.8) is 0 Å². The van der Waals surface area contributed by atoms with Gasteiger partial charge in [0.1, 0.15) is 0 Å². The van der Waals surface area contributed by atoms with Crippen LogP contribution in [0.3, 0.4) is 0 Å². The summed E-state index contributed by atoms with van der Waals surface area (Å²) in [6.07, 6.45) is 13.5. The van der Waals surface area contributed by atoms with Crippen LogP contribution in [0.15, 0.2) is 12.2 Å². The van der Waals surface area contributed by atoms with Crippen LogP contribution in [0.1, 0.15) is 59.3 Å². The van der Waals surface area contributed by atoms with Gasteiger partial charge in [0, 0.05) is 0 Å². The molecule has 0 amide bonds. The van der Waals surface area contributed by atoms with Crippen LogP contribution in [0, 0.1) is 28.6 Å². The van der Waals surface area contributed by atoms with Gasteiger partial charge in [-0.15, -0.1) is 0 Å². The van der Waals surface area contributed by atoms with Gasteiger partial charge in [-0.05, 0) is 67.1 Å². The van der Waals surface area contributed by atoms with E-state index in [9.17, 15) is 0 Å². The molecule has 2 bridgehead atoms. The van der Waals surface area contributed by atoms with E-state index >= 15 is 0 Å². The maximum Gasteiger partial charge on any atom is -0.0184 e. The first-order valence-electron chi connectivity index (χ1n) is 7.24. The smallest absolute Gasteiger partial charge is 0.0184 e. The first-order chi connectivity index (χ1) is 7.59. The number of hydrogen-bond acceptors (Lipinski definition) is 0. The normalized spacial score (nSPS) is 49.8. The predicted octanol–water partition coefficient (Wildman–Crippen LogP) is 4.81. The SMILES string of the molecule is CC1CCC2CC1(C1CC=CCC1)C2(C)C. The maximum absolute atomic E-state index is 2.56. The van der Waals surface area contributed by atoms with Crippen molar-refractivity contribution in [2.24, 2.45) is 28.6 Å². The molecule has 0 aromatic rings. The van der Waals surface area contributed by atoms with Crippen molar-refractivity contribution in [1.82, 2.24) is 0 Å². The molecule has 0 N–H and O–H groups in total. The highest BCUT2D eigenvalue weighted by molar-refractivity contribution is 5.16. The third kappa shape index (κ3) is 1.11. The van der Waals surface area contributed by atoms with Crippen molar-refractivity contribution in [3.8, 4) is 0 Å². The van der Waals surface area contributed by atoms with Crippen LogP contribution in [-0.4, -0.2) is 0 Å². The number of fused-ring (bicyclic) bond motifs is 2. The van der Waals surface area contributed by atoms with Crippen molar-refractivity contribution in [3.05, 3.63) is 12.2 Å². The topological polar surface area (TPSA) is 0 Å². The molecule has 90 valence electrons. The van der Waals surface area contributed by atoms with Crippen LogP contribution in [0.2, 0.25) is 0 Å². The van der Waals surface area contributed by atoms with Crippen LogP contribution >= 0.6 is 0 Å². The molecule has 0 heterocycles. The molecule has 0 aliphatic heterocycles. The lowest BCUT2D eigenvalue weighted by molar-refractivity contribution is -0.228. The third-order valence-corrected chi connectivity index (χ3v) is 6.63. The minimum atomic E-state index is 0.626. The molecular weight excluding hydrogens is 192 g/mol. The fourth-order valence-electron chi connectivity index (χ4n) is 5.54. The number of hydrogen-bond donors (Lipinski definition) is 0. The fraction of sp³-hybridized carbons (Fsp3) is 0.875. The van der Waals surface area contributed by atoms with Crippen LogP contribution in [-0.2, 0) is 0 Å². The van der Waals surface area contributed by atoms with E-state index in [4.69, 9.17) is 0 Å². The van der Waals surface area contributed by atoms with Gasteiger partial charge in [-0.25, -0.2) is 0 Å². The molecule has 0 heteroatoms. The fourth-order valence-corrected chi connectivity index (χ4v) is 5.54. The van der Waals surface area contributed by atoms with Gasteiger partial charge in [0.2, 0.25) is 0 Å². The van der Waals surface area contributed by atoms with Gasteiger partial charge in [-0.3, -0.25) is 0 Å². The molecule has 4 aliphatic rings. The second kappa shape index (κ2) is 3.37. The lowest BCUT2D eigenvalue weighted by Crippen LogP contribution is -2.64. The summed E-state index contributed by atoms with van der Waals surface area (Å²) in [4.78, 5) is 0. The van der Waals surface area contributed by atoms with Crippen LogP contribution < -0.4 is 0 Å². The van der Waals surface area contributed by atoms with E-state index in [0.29, 0.717) is 10.8 Å². The lowest BCUT2D eigenvalue weighted by atomic mass is 9.33. The van der Waals surface area contributed by atoms with Crippen molar-refractivity contribution in [2.75, 3.05) is 0 Å². The van der Waals surface area contributed by atoms with Gasteiger partial charge in [-0.1, -0.05) is 32.9 Å². The van der Waals surface area contributed by atoms with Crippen LogP contribution in [0.25, 0.3) is 0 Å². The summed E-state index contributed by atoms with van der Waals surface area (Å²) in [5.74, 6) is 2.98. The molecule has 0 aromatic carbocycles. The molecule has 0 saturated heterocycles. The van der Waals surface area contributed by atoms with E-state index < -0.39 is 0 Å². The average Bonchev–Trinajstić information content (AvgIpc) is 2.29. The average molecular weight is 218 g/mol. The minimum Gasteiger partial charge on any atom is -0.0885 e. The van der Waals surface area contributed by atoms with Gasteiger partial charge in [-0.2, -0.15) is 0 Å². The first kappa shape index (κ1) is 10.9. The van der Waals surface area contributed by atoms with Gasteiger partial charge >= 0.3 is 0 Å². The lowest BCUT2D eigenvalue weighted by Gasteiger charge is -2.72. The van der Waals surface area contributed by atoms with E-state index in [-0.39, 0.29) is 0 Å². The Kier molecular flexibility index (Phi) is 2.29. The van der Waals surface area contributed by atoms with E-state index in [1.807, 2.05) is 0 Å². The number of allylic oxidation sites excluding steroid dienone is 2. The van der Waals surface area contributed by atoms with Gasteiger partial charge in [0.05, 0.1) is 0 Å². The summed E-state index contributed by atoms with van der Waals surface area (Å²) in [6.45, 7) is 7.67. The first-order valence-corrected chi connectivity index (χ1v) is 7.24. The molecular formula is C16H26. The molecule has 4 atom stereocenters. The largest absolute Gasteiger partial charge is 0.0885 e. The molecule has 4 unspecified atom stereocenters. The van der Waals surface area contributed by atoms with Crippen LogP contribution in [0.5, 0.6) is 0 Å². The molecule has 4 rings (SSSR count). The Morgan fingerprint density at radius 2 is 1.81 bits per heavy atom. The molecule has 0 radical (unpaired) electrons. The summed E-state index contributed by atoms with van der Waals surface area (Å²) in [5.41, 5.74) is 1.32. The highest BCUT2D eigenvalue weighted by Crippen LogP contribution is 2.73. The van der Waals surface area contributed by atoms with E-state index in [0.717, 1.165) is 17.8 Å². The molecule has 3 fully saturated rings. The monoisotopic (exact) mass is 218 g/mol. The summed E-state index contributed by atoms with van der Waals surface area (Å²) in [6, 6.07) is 0. The van der Waals surface area contributed by atoms with E-state index in [1.165, 1.54) is 32.1 Å². The highest BCUT2D eigenvalue weighted by atomic mass is 14.7. The van der Waals surface area contributed by atoms with Crippen molar-refractivity contribution in [1.29, 1.82) is 0 Å². The zero-order chi connectivity index (χ0) is 11.4. The Bertz CT molecular complexity index is 312. The van der Waals surface area contributed by atoms with Gasteiger partial charge < -0.3 is 0 Å².